The van der Waals surface area contributed by atoms with Crippen molar-refractivity contribution in [1.82, 2.24) is 5.32 Å². The molecule has 1 rings (SSSR count). The van der Waals surface area contributed by atoms with Crippen molar-refractivity contribution in [3.8, 4) is 0 Å². The van der Waals surface area contributed by atoms with E-state index in [1.54, 1.807) is 0 Å². The Morgan fingerprint density at radius 2 is 2.38 bits per heavy atom. The van der Waals surface area contributed by atoms with Gasteiger partial charge in [0.2, 0.25) is 5.91 Å². The zero-order valence-electron chi connectivity index (χ0n) is 10.1. The van der Waals surface area contributed by atoms with Gasteiger partial charge in [-0.05, 0) is 25.7 Å². The number of amides is 1. The zero-order chi connectivity index (χ0) is 11.8. The van der Waals surface area contributed by atoms with Gasteiger partial charge in [0.05, 0.1) is 6.10 Å². The van der Waals surface area contributed by atoms with E-state index in [2.05, 4.69) is 12.2 Å². The Kier molecular flexibility index (Phi) is 6.42. The molecule has 0 radical (unpaired) electrons. The summed E-state index contributed by atoms with van der Waals surface area (Å²) in [6, 6.07) is 0. The molecule has 1 aliphatic rings. The lowest BCUT2D eigenvalue weighted by atomic mass is 9.93. The highest BCUT2D eigenvalue weighted by Gasteiger charge is 2.26. The van der Waals surface area contributed by atoms with Crippen molar-refractivity contribution >= 4 is 5.91 Å². The first-order valence-electron chi connectivity index (χ1n) is 6.28. The van der Waals surface area contributed by atoms with Gasteiger partial charge in [-0.25, -0.2) is 0 Å². The Bertz CT molecular complexity index is 206. The summed E-state index contributed by atoms with van der Waals surface area (Å²) >= 11 is 0. The number of hydrogen-bond donors (Lipinski definition) is 2. The van der Waals surface area contributed by atoms with E-state index in [-0.39, 0.29) is 24.5 Å². The van der Waals surface area contributed by atoms with E-state index in [1.165, 1.54) is 0 Å². The molecule has 0 aliphatic carbocycles. The predicted octanol–water partition coefficient (Wildman–Crippen LogP) is 1.08. The van der Waals surface area contributed by atoms with E-state index in [9.17, 15) is 4.79 Å². The molecule has 0 aromatic carbocycles. The van der Waals surface area contributed by atoms with E-state index < -0.39 is 0 Å². The summed E-state index contributed by atoms with van der Waals surface area (Å²) in [4.78, 5) is 11.8. The lowest BCUT2D eigenvalue weighted by Gasteiger charge is -2.28. The average molecular weight is 229 g/mol. The maximum atomic E-state index is 11.8. The Morgan fingerprint density at radius 3 is 3.06 bits per heavy atom. The first-order chi connectivity index (χ1) is 7.77. The third-order valence-corrected chi connectivity index (χ3v) is 2.98. The molecule has 4 nitrogen and oxygen atoms in total. The molecule has 0 spiro atoms. The molecule has 0 saturated carbocycles. The highest BCUT2D eigenvalue weighted by atomic mass is 16.5. The van der Waals surface area contributed by atoms with E-state index >= 15 is 0 Å². The van der Waals surface area contributed by atoms with Crippen LogP contribution in [0.3, 0.4) is 0 Å². The van der Waals surface area contributed by atoms with Crippen LogP contribution in [0, 0.1) is 5.92 Å². The van der Waals surface area contributed by atoms with Crippen molar-refractivity contribution in [2.75, 3.05) is 19.8 Å². The first kappa shape index (κ1) is 13.5. The Morgan fingerprint density at radius 1 is 1.56 bits per heavy atom. The largest absolute Gasteiger partial charge is 0.396 e. The quantitative estimate of drug-likeness (QED) is 0.670. The molecule has 0 bridgehead atoms. The fourth-order valence-electron chi connectivity index (χ4n) is 2.08. The van der Waals surface area contributed by atoms with Crippen LogP contribution in [0.4, 0.5) is 0 Å². The number of carbonyl (C=O) groups is 1. The molecule has 1 fully saturated rings. The van der Waals surface area contributed by atoms with Gasteiger partial charge in [-0.15, -0.1) is 0 Å². The van der Waals surface area contributed by atoms with Crippen LogP contribution in [0.1, 0.15) is 39.0 Å². The number of nitrogens with one attached hydrogen (secondary N) is 1. The predicted molar refractivity (Wildman–Crippen MR) is 62.1 cm³/mol. The van der Waals surface area contributed by atoms with E-state index in [0.717, 1.165) is 25.7 Å². The third kappa shape index (κ3) is 4.49. The molecule has 0 aromatic heterocycles. The first-order valence-corrected chi connectivity index (χ1v) is 6.28. The minimum Gasteiger partial charge on any atom is -0.396 e. The summed E-state index contributed by atoms with van der Waals surface area (Å²) in [6.07, 6.45) is 4.70. The van der Waals surface area contributed by atoms with Gasteiger partial charge in [0.15, 0.2) is 0 Å². The number of ether oxygens (including phenoxy) is 1. The Balaban J connectivity index is 2.26. The maximum Gasteiger partial charge on any atom is 0.223 e. The molecule has 1 heterocycles. The summed E-state index contributed by atoms with van der Waals surface area (Å²) in [7, 11) is 0. The van der Waals surface area contributed by atoms with Gasteiger partial charge >= 0.3 is 0 Å². The Labute approximate surface area is 97.4 Å². The van der Waals surface area contributed by atoms with Crippen molar-refractivity contribution in [3.63, 3.8) is 0 Å². The van der Waals surface area contributed by atoms with Gasteiger partial charge in [-0.1, -0.05) is 13.3 Å². The highest BCUT2D eigenvalue weighted by molar-refractivity contribution is 5.78. The number of carbonyl (C=O) groups excluding carboxylic acids is 1. The Hall–Kier alpha value is -0.610. The van der Waals surface area contributed by atoms with E-state index in [1.807, 2.05) is 0 Å². The van der Waals surface area contributed by atoms with Crippen molar-refractivity contribution < 1.29 is 14.6 Å². The molecular weight excluding hydrogens is 206 g/mol. The van der Waals surface area contributed by atoms with Crippen LogP contribution in [0.2, 0.25) is 0 Å². The van der Waals surface area contributed by atoms with Gasteiger partial charge in [-0.2, -0.15) is 0 Å². The van der Waals surface area contributed by atoms with Crippen LogP contribution in [-0.4, -0.2) is 36.9 Å². The molecule has 2 N–H and O–H groups in total. The fourth-order valence-corrected chi connectivity index (χ4v) is 2.08. The summed E-state index contributed by atoms with van der Waals surface area (Å²) in [5.74, 6) is 0.224. The second-order valence-corrected chi connectivity index (χ2v) is 4.37. The second kappa shape index (κ2) is 7.63. The molecule has 2 atom stereocenters. The van der Waals surface area contributed by atoms with Gasteiger partial charge in [0, 0.05) is 25.7 Å². The SMILES string of the molecule is CCCC1CC(C(=O)NCCCO)CCO1. The molecule has 1 amide bonds. The van der Waals surface area contributed by atoms with E-state index in [4.69, 9.17) is 9.84 Å². The molecular formula is C12H23NO3. The molecule has 94 valence electrons. The highest BCUT2D eigenvalue weighted by Crippen LogP contribution is 2.23. The van der Waals surface area contributed by atoms with Crippen LogP contribution < -0.4 is 5.32 Å². The lowest BCUT2D eigenvalue weighted by Crippen LogP contribution is -2.37. The monoisotopic (exact) mass is 229 g/mol. The molecule has 1 saturated heterocycles. The lowest BCUT2D eigenvalue weighted by molar-refractivity contribution is -0.130. The van der Waals surface area contributed by atoms with Crippen molar-refractivity contribution in [2.45, 2.75) is 45.1 Å². The summed E-state index contributed by atoms with van der Waals surface area (Å²) in [5, 5.41) is 11.5. The molecule has 1 aliphatic heterocycles. The summed E-state index contributed by atoms with van der Waals surface area (Å²) in [6.45, 7) is 3.54. The van der Waals surface area contributed by atoms with Crippen molar-refractivity contribution in [2.24, 2.45) is 5.92 Å². The van der Waals surface area contributed by atoms with Gasteiger partial charge < -0.3 is 15.2 Å². The third-order valence-electron chi connectivity index (χ3n) is 2.98. The van der Waals surface area contributed by atoms with Gasteiger partial charge in [0.1, 0.15) is 0 Å². The van der Waals surface area contributed by atoms with Crippen LogP contribution in [0.15, 0.2) is 0 Å². The van der Waals surface area contributed by atoms with Crippen molar-refractivity contribution in [1.29, 1.82) is 0 Å². The summed E-state index contributed by atoms with van der Waals surface area (Å²) in [5.41, 5.74) is 0. The minimum absolute atomic E-state index is 0.101. The second-order valence-electron chi connectivity index (χ2n) is 4.37. The van der Waals surface area contributed by atoms with E-state index in [0.29, 0.717) is 19.6 Å². The molecule has 4 heteroatoms. The summed E-state index contributed by atoms with van der Waals surface area (Å²) < 4.78 is 5.60. The fraction of sp³-hybridized carbons (Fsp3) is 0.917. The normalized spacial score (nSPS) is 25.4. The molecule has 2 unspecified atom stereocenters. The van der Waals surface area contributed by atoms with Crippen LogP contribution in [0.25, 0.3) is 0 Å². The maximum absolute atomic E-state index is 11.8. The smallest absolute Gasteiger partial charge is 0.223 e. The number of aliphatic hydroxyl groups is 1. The zero-order valence-corrected chi connectivity index (χ0v) is 10.1. The van der Waals surface area contributed by atoms with Crippen LogP contribution in [0.5, 0.6) is 0 Å². The van der Waals surface area contributed by atoms with Gasteiger partial charge in [0.25, 0.3) is 0 Å². The topological polar surface area (TPSA) is 58.6 Å². The van der Waals surface area contributed by atoms with Crippen LogP contribution in [-0.2, 0) is 9.53 Å². The number of aliphatic hydroxyl groups excluding tert-OH is 1. The van der Waals surface area contributed by atoms with Crippen LogP contribution >= 0.6 is 0 Å². The average Bonchev–Trinajstić information content (AvgIpc) is 2.30. The van der Waals surface area contributed by atoms with Crippen molar-refractivity contribution in [3.05, 3.63) is 0 Å². The number of rotatable bonds is 6. The standard InChI is InChI=1S/C12H23NO3/c1-2-4-11-9-10(5-8-16-11)12(15)13-6-3-7-14/h10-11,14H,2-9H2,1H3,(H,13,15). The number of hydrogen-bond acceptors (Lipinski definition) is 3. The van der Waals surface area contributed by atoms with Gasteiger partial charge in [-0.3, -0.25) is 4.79 Å². The molecule has 0 aromatic rings. The minimum atomic E-state index is 0.101. The molecule has 16 heavy (non-hydrogen) atoms.